The minimum absolute atomic E-state index is 0.0804. The van der Waals surface area contributed by atoms with Crippen molar-refractivity contribution in [3.8, 4) is 0 Å². The summed E-state index contributed by atoms with van der Waals surface area (Å²) in [6.45, 7) is 0.804. The number of hydrogen-bond acceptors (Lipinski definition) is 4. The van der Waals surface area contributed by atoms with Gasteiger partial charge in [-0.3, -0.25) is 4.79 Å². The minimum atomic E-state index is 0.0804. The molecule has 0 bridgehead atoms. The maximum atomic E-state index is 12.6. The number of hydrogen-bond donors (Lipinski definition) is 0. The van der Waals surface area contributed by atoms with Crippen molar-refractivity contribution in [3.63, 3.8) is 0 Å². The highest BCUT2D eigenvalue weighted by Gasteiger charge is 2.30. The Bertz CT molecular complexity index is 567. The van der Waals surface area contributed by atoms with Crippen molar-refractivity contribution in [2.45, 2.75) is 25.3 Å². The number of carbonyl (C=O) groups is 1. The number of amides is 1. The highest BCUT2D eigenvalue weighted by molar-refractivity contribution is 7.18. The molecule has 0 aromatic carbocycles. The van der Waals surface area contributed by atoms with Gasteiger partial charge in [0.2, 0.25) is 0 Å². The Morgan fingerprint density at radius 3 is 3.00 bits per heavy atom. The zero-order chi connectivity index (χ0) is 13.2. The quantitative estimate of drug-likeness (QED) is 0.831. The van der Waals surface area contributed by atoms with Crippen molar-refractivity contribution in [2.24, 2.45) is 0 Å². The lowest BCUT2D eigenvalue weighted by molar-refractivity contribution is 0.0616. The average molecular weight is 313 g/mol. The van der Waals surface area contributed by atoms with Crippen molar-refractivity contribution in [2.75, 3.05) is 6.54 Å². The standard InChI is InChI=1S/C13H13ClN2OS2/c14-11-5-4-10(19-11)13(17)16-7-2-1-3-9(16)12-15-6-8-18-12/h4-6,8-9H,1-3,7H2/t9-/m0/s1. The van der Waals surface area contributed by atoms with E-state index in [0.29, 0.717) is 9.21 Å². The van der Waals surface area contributed by atoms with E-state index in [1.165, 1.54) is 11.3 Å². The Hall–Kier alpha value is -0.910. The van der Waals surface area contributed by atoms with Crippen LogP contribution in [0.25, 0.3) is 0 Å². The normalized spacial score (nSPS) is 19.6. The van der Waals surface area contributed by atoms with Gasteiger partial charge in [-0.25, -0.2) is 4.98 Å². The molecule has 19 heavy (non-hydrogen) atoms. The zero-order valence-electron chi connectivity index (χ0n) is 10.2. The lowest BCUT2D eigenvalue weighted by Gasteiger charge is -2.34. The Balaban J connectivity index is 1.86. The summed E-state index contributed by atoms with van der Waals surface area (Å²) in [6.07, 6.45) is 5.02. The molecule has 1 aliphatic rings. The second kappa shape index (κ2) is 5.61. The molecular formula is C13H13ClN2OS2. The van der Waals surface area contributed by atoms with Crippen molar-refractivity contribution < 1.29 is 4.79 Å². The van der Waals surface area contributed by atoms with Gasteiger partial charge in [-0.15, -0.1) is 22.7 Å². The largest absolute Gasteiger partial charge is 0.328 e. The summed E-state index contributed by atoms with van der Waals surface area (Å²) in [5.41, 5.74) is 0. The van der Waals surface area contributed by atoms with Crippen molar-refractivity contribution >= 4 is 40.2 Å². The summed E-state index contributed by atoms with van der Waals surface area (Å²) in [6, 6.07) is 3.71. The lowest BCUT2D eigenvalue weighted by atomic mass is 10.0. The Morgan fingerprint density at radius 2 is 2.32 bits per heavy atom. The fraction of sp³-hybridized carbons (Fsp3) is 0.385. The SMILES string of the molecule is O=C(c1ccc(Cl)s1)N1CCCC[C@H]1c1nccs1. The Morgan fingerprint density at radius 1 is 1.42 bits per heavy atom. The van der Waals surface area contributed by atoms with Crippen LogP contribution in [0, 0.1) is 0 Å². The first kappa shape index (κ1) is 13.1. The molecule has 1 fully saturated rings. The number of nitrogens with zero attached hydrogens (tertiary/aromatic N) is 2. The first-order chi connectivity index (χ1) is 9.25. The molecule has 0 unspecified atom stereocenters. The third kappa shape index (κ3) is 2.68. The molecule has 0 aliphatic carbocycles. The zero-order valence-corrected chi connectivity index (χ0v) is 12.6. The highest BCUT2D eigenvalue weighted by atomic mass is 35.5. The van der Waals surface area contributed by atoms with Gasteiger partial charge in [0, 0.05) is 18.1 Å². The third-order valence-corrected chi connectivity index (χ3v) is 5.38. The number of aromatic nitrogens is 1. The third-order valence-electron chi connectivity index (χ3n) is 3.28. The van der Waals surface area contributed by atoms with Crippen LogP contribution in [0.1, 0.15) is 40.0 Å². The van der Waals surface area contributed by atoms with Crippen LogP contribution in [0.5, 0.6) is 0 Å². The molecule has 3 heterocycles. The van der Waals surface area contributed by atoms with Crippen molar-refractivity contribution in [1.82, 2.24) is 9.88 Å². The molecule has 1 aliphatic heterocycles. The van der Waals surface area contributed by atoms with E-state index in [-0.39, 0.29) is 11.9 Å². The molecule has 0 saturated carbocycles. The van der Waals surface area contributed by atoms with Gasteiger partial charge >= 0.3 is 0 Å². The second-order valence-corrected chi connectivity index (χ2v) is 7.13. The van der Waals surface area contributed by atoms with Crippen LogP contribution in [0.15, 0.2) is 23.7 Å². The van der Waals surface area contributed by atoms with Crippen LogP contribution in [0.3, 0.4) is 0 Å². The summed E-state index contributed by atoms with van der Waals surface area (Å²) in [5.74, 6) is 0.0804. The van der Waals surface area contributed by atoms with Gasteiger partial charge in [0.15, 0.2) is 0 Å². The van der Waals surface area contributed by atoms with E-state index in [2.05, 4.69) is 4.98 Å². The number of piperidine rings is 1. The predicted molar refractivity (Wildman–Crippen MR) is 79.1 cm³/mol. The van der Waals surface area contributed by atoms with Gasteiger partial charge in [0.05, 0.1) is 15.3 Å². The Kier molecular flexibility index (Phi) is 3.86. The lowest BCUT2D eigenvalue weighted by Crippen LogP contribution is -2.38. The average Bonchev–Trinajstić information content (AvgIpc) is 3.09. The van der Waals surface area contributed by atoms with Crippen LogP contribution >= 0.6 is 34.3 Å². The molecule has 0 N–H and O–H groups in total. The fourth-order valence-corrected chi connectivity index (χ4v) is 4.19. The van der Waals surface area contributed by atoms with Crippen LogP contribution in [-0.4, -0.2) is 22.3 Å². The topological polar surface area (TPSA) is 33.2 Å². The maximum absolute atomic E-state index is 12.6. The van der Waals surface area contributed by atoms with Crippen molar-refractivity contribution in [1.29, 1.82) is 0 Å². The van der Waals surface area contributed by atoms with Gasteiger partial charge in [-0.2, -0.15) is 0 Å². The Labute approximate surface area is 124 Å². The summed E-state index contributed by atoms with van der Waals surface area (Å²) >= 11 is 8.89. The molecule has 3 rings (SSSR count). The van der Waals surface area contributed by atoms with E-state index in [0.717, 1.165) is 30.8 Å². The summed E-state index contributed by atoms with van der Waals surface area (Å²) in [5, 5.41) is 3.00. The summed E-state index contributed by atoms with van der Waals surface area (Å²) in [4.78, 5) is 19.6. The van der Waals surface area contributed by atoms with Gasteiger partial charge in [-0.1, -0.05) is 11.6 Å². The molecule has 1 atom stereocenters. The van der Waals surface area contributed by atoms with Crippen LogP contribution < -0.4 is 0 Å². The monoisotopic (exact) mass is 312 g/mol. The van der Waals surface area contributed by atoms with E-state index in [9.17, 15) is 4.79 Å². The smallest absolute Gasteiger partial charge is 0.264 e. The number of carbonyl (C=O) groups excluding carboxylic acids is 1. The van der Waals surface area contributed by atoms with E-state index in [4.69, 9.17) is 11.6 Å². The number of thiophene rings is 1. The van der Waals surface area contributed by atoms with Gasteiger partial charge in [0.1, 0.15) is 5.01 Å². The molecule has 3 nitrogen and oxygen atoms in total. The van der Waals surface area contributed by atoms with Crippen LogP contribution in [0.4, 0.5) is 0 Å². The molecule has 0 spiro atoms. The number of rotatable bonds is 2. The van der Waals surface area contributed by atoms with Gasteiger partial charge in [-0.05, 0) is 31.4 Å². The van der Waals surface area contributed by atoms with Gasteiger partial charge in [0.25, 0.3) is 5.91 Å². The number of thiazole rings is 1. The number of halogens is 1. The van der Waals surface area contributed by atoms with Gasteiger partial charge < -0.3 is 4.90 Å². The second-order valence-electron chi connectivity index (χ2n) is 4.48. The molecule has 2 aromatic rings. The maximum Gasteiger partial charge on any atom is 0.264 e. The molecule has 1 amide bonds. The molecule has 0 radical (unpaired) electrons. The molecule has 6 heteroatoms. The summed E-state index contributed by atoms with van der Waals surface area (Å²) in [7, 11) is 0. The molecule has 100 valence electrons. The first-order valence-electron chi connectivity index (χ1n) is 6.21. The van der Waals surface area contributed by atoms with Crippen LogP contribution in [0.2, 0.25) is 4.34 Å². The number of likely N-dealkylation sites (tertiary alicyclic amines) is 1. The van der Waals surface area contributed by atoms with E-state index in [1.54, 1.807) is 23.6 Å². The summed E-state index contributed by atoms with van der Waals surface area (Å²) < 4.78 is 0.658. The minimum Gasteiger partial charge on any atom is -0.328 e. The highest BCUT2D eigenvalue weighted by Crippen LogP contribution is 2.34. The van der Waals surface area contributed by atoms with Crippen molar-refractivity contribution in [3.05, 3.63) is 37.9 Å². The molecule has 1 saturated heterocycles. The first-order valence-corrected chi connectivity index (χ1v) is 8.29. The van der Waals surface area contributed by atoms with E-state index < -0.39 is 0 Å². The van der Waals surface area contributed by atoms with E-state index >= 15 is 0 Å². The van der Waals surface area contributed by atoms with E-state index in [1.807, 2.05) is 16.3 Å². The predicted octanol–water partition coefficient (Wildman–Crippen LogP) is 4.23. The molecular weight excluding hydrogens is 300 g/mol. The fourth-order valence-electron chi connectivity index (χ4n) is 2.40. The van der Waals surface area contributed by atoms with Crippen LogP contribution in [-0.2, 0) is 0 Å². The molecule has 2 aromatic heterocycles.